The zero-order chi connectivity index (χ0) is 14.3. The Morgan fingerprint density at radius 3 is 2.44 bits per heavy atom. The molecule has 0 fully saturated rings. The second kappa shape index (κ2) is 7.69. The third kappa shape index (κ3) is 4.73. The third-order valence-corrected chi connectivity index (χ3v) is 2.98. The van der Waals surface area contributed by atoms with Crippen LogP contribution < -0.4 is 5.32 Å². The Morgan fingerprint density at radius 2 is 2.06 bits per heavy atom. The largest absolute Gasteiger partial charge is 0.388 e. The van der Waals surface area contributed by atoms with Crippen molar-refractivity contribution < 1.29 is 4.79 Å². The van der Waals surface area contributed by atoms with E-state index in [0.717, 1.165) is 17.7 Å². The number of nitrogens with zero attached hydrogens (tertiary/aromatic N) is 2. The van der Waals surface area contributed by atoms with Crippen molar-refractivity contribution in [2.24, 2.45) is 10.9 Å². The standard InChI is InChI=1S/C14H25N3O/c1-8-10(2)9-16-14(17(7)13(5)18)11(3)12(4)15-6/h9-10,15H,4,8H2,1-3,5-7H3/b14-11-,16-9?. The summed E-state index contributed by atoms with van der Waals surface area (Å²) in [5, 5.41) is 2.98. The van der Waals surface area contributed by atoms with Gasteiger partial charge in [-0.1, -0.05) is 20.4 Å². The highest BCUT2D eigenvalue weighted by Gasteiger charge is 2.12. The van der Waals surface area contributed by atoms with E-state index in [1.165, 1.54) is 11.8 Å². The summed E-state index contributed by atoms with van der Waals surface area (Å²) >= 11 is 0. The summed E-state index contributed by atoms with van der Waals surface area (Å²) in [5.74, 6) is 0.979. The van der Waals surface area contributed by atoms with Crippen molar-refractivity contribution in [3.05, 3.63) is 23.7 Å². The Labute approximate surface area is 110 Å². The predicted molar refractivity (Wildman–Crippen MR) is 77.3 cm³/mol. The molecule has 0 aliphatic rings. The molecule has 18 heavy (non-hydrogen) atoms. The molecule has 0 aliphatic carbocycles. The highest BCUT2D eigenvalue weighted by atomic mass is 16.2. The summed E-state index contributed by atoms with van der Waals surface area (Å²) in [6, 6.07) is 0. The van der Waals surface area contributed by atoms with E-state index in [-0.39, 0.29) is 5.91 Å². The van der Waals surface area contributed by atoms with Crippen molar-refractivity contribution in [3.8, 4) is 0 Å². The molecule has 0 saturated carbocycles. The van der Waals surface area contributed by atoms with Crippen LogP contribution in [0, 0.1) is 5.92 Å². The number of aliphatic imine (C=N–C) groups is 1. The first kappa shape index (κ1) is 16.4. The van der Waals surface area contributed by atoms with Crippen molar-refractivity contribution in [2.75, 3.05) is 14.1 Å². The van der Waals surface area contributed by atoms with E-state index in [1.54, 1.807) is 14.1 Å². The molecule has 0 spiro atoms. The first-order valence-corrected chi connectivity index (χ1v) is 6.21. The smallest absolute Gasteiger partial charge is 0.224 e. The van der Waals surface area contributed by atoms with Gasteiger partial charge in [-0.3, -0.25) is 9.69 Å². The van der Waals surface area contributed by atoms with Gasteiger partial charge in [-0.15, -0.1) is 0 Å². The first-order valence-electron chi connectivity index (χ1n) is 6.21. The van der Waals surface area contributed by atoms with E-state index < -0.39 is 0 Å². The Morgan fingerprint density at radius 1 is 1.50 bits per heavy atom. The second-order valence-electron chi connectivity index (χ2n) is 4.42. The number of likely N-dealkylation sites (N-methyl/N-ethyl adjacent to an activating group) is 1. The minimum absolute atomic E-state index is 0.0467. The number of nitrogens with one attached hydrogen (secondary N) is 1. The molecule has 102 valence electrons. The molecule has 1 atom stereocenters. The lowest BCUT2D eigenvalue weighted by Gasteiger charge is -2.19. The Balaban J connectivity index is 5.37. The van der Waals surface area contributed by atoms with Gasteiger partial charge in [0.1, 0.15) is 5.82 Å². The lowest BCUT2D eigenvalue weighted by Crippen LogP contribution is -2.25. The van der Waals surface area contributed by atoms with Crippen LogP contribution in [0.5, 0.6) is 0 Å². The van der Waals surface area contributed by atoms with Crippen LogP contribution in [0.25, 0.3) is 0 Å². The molecule has 0 heterocycles. The fraction of sp³-hybridized carbons (Fsp3) is 0.571. The monoisotopic (exact) mass is 251 g/mol. The number of carbonyl (C=O) groups is 1. The van der Waals surface area contributed by atoms with Gasteiger partial charge in [0, 0.05) is 38.5 Å². The van der Waals surface area contributed by atoms with Gasteiger partial charge in [0.25, 0.3) is 0 Å². The first-order chi connectivity index (χ1) is 8.34. The molecular weight excluding hydrogens is 226 g/mol. The van der Waals surface area contributed by atoms with Crippen molar-refractivity contribution >= 4 is 12.1 Å². The number of hydrogen-bond acceptors (Lipinski definition) is 3. The molecule has 1 unspecified atom stereocenters. The van der Waals surface area contributed by atoms with Crippen LogP contribution in [-0.2, 0) is 4.79 Å². The molecule has 0 aliphatic heterocycles. The van der Waals surface area contributed by atoms with E-state index in [2.05, 4.69) is 30.7 Å². The van der Waals surface area contributed by atoms with Crippen molar-refractivity contribution in [1.29, 1.82) is 0 Å². The average Bonchev–Trinajstić information content (AvgIpc) is 2.36. The van der Waals surface area contributed by atoms with Gasteiger partial charge in [-0.25, -0.2) is 4.99 Å². The quantitative estimate of drug-likeness (QED) is 0.582. The van der Waals surface area contributed by atoms with E-state index in [9.17, 15) is 4.79 Å². The summed E-state index contributed by atoms with van der Waals surface area (Å²) in [6.45, 7) is 11.5. The third-order valence-electron chi connectivity index (χ3n) is 2.98. The lowest BCUT2D eigenvalue weighted by molar-refractivity contribution is -0.125. The van der Waals surface area contributed by atoms with Crippen LogP contribution in [0.3, 0.4) is 0 Å². The van der Waals surface area contributed by atoms with Gasteiger partial charge in [0.05, 0.1) is 0 Å². The van der Waals surface area contributed by atoms with Gasteiger partial charge < -0.3 is 5.32 Å². The summed E-state index contributed by atoms with van der Waals surface area (Å²) in [6.07, 6.45) is 2.90. The molecule has 0 aromatic rings. The van der Waals surface area contributed by atoms with Crippen molar-refractivity contribution in [2.45, 2.75) is 34.1 Å². The van der Waals surface area contributed by atoms with Gasteiger partial charge in [0.2, 0.25) is 5.91 Å². The maximum absolute atomic E-state index is 11.5. The molecular formula is C14H25N3O. The number of carbonyl (C=O) groups excluding carboxylic acids is 1. The van der Waals surface area contributed by atoms with Crippen LogP contribution in [0.15, 0.2) is 28.7 Å². The van der Waals surface area contributed by atoms with Gasteiger partial charge >= 0.3 is 0 Å². The second-order valence-corrected chi connectivity index (χ2v) is 4.42. The molecule has 0 radical (unpaired) electrons. The maximum atomic E-state index is 11.5. The summed E-state index contributed by atoms with van der Waals surface area (Å²) in [7, 11) is 3.52. The highest BCUT2D eigenvalue weighted by Crippen LogP contribution is 2.15. The minimum Gasteiger partial charge on any atom is -0.388 e. The molecule has 1 N–H and O–H groups in total. The highest BCUT2D eigenvalue weighted by molar-refractivity contribution is 5.76. The average molecular weight is 251 g/mol. The van der Waals surface area contributed by atoms with E-state index in [4.69, 9.17) is 0 Å². The van der Waals surface area contributed by atoms with Crippen LogP contribution in [0.1, 0.15) is 34.1 Å². The molecule has 0 aromatic carbocycles. The Kier molecular flexibility index (Phi) is 7.01. The molecule has 0 saturated heterocycles. The fourth-order valence-corrected chi connectivity index (χ4v) is 1.21. The number of allylic oxidation sites excluding steroid dienone is 1. The number of hydrogen-bond donors (Lipinski definition) is 1. The van der Waals surface area contributed by atoms with Gasteiger partial charge in [-0.05, 0) is 19.3 Å². The SMILES string of the molecule is C=C(NC)/C(C)=C(/N=CC(C)CC)N(C)C(C)=O. The molecule has 0 bridgehead atoms. The minimum atomic E-state index is -0.0467. The van der Waals surface area contributed by atoms with Gasteiger partial charge in [0.15, 0.2) is 0 Å². The summed E-state index contributed by atoms with van der Waals surface area (Å²) in [5.41, 5.74) is 1.63. The molecule has 0 aromatic heterocycles. The molecule has 0 rings (SSSR count). The number of amides is 1. The predicted octanol–water partition coefficient (Wildman–Crippen LogP) is 2.55. The normalized spacial score (nSPS) is 14.1. The van der Waals surface area contributed by atoms with Crippen molar-refractivity contribution in [1.82, 2.24) is 10.2 Å². The Hall–Kier alpha value is -1.58. The molecule has 4 nitrogen and oxygen atoms in total. The summed E-state index contributed by atoms with van der Waals surface area (Å²) < 4.78 is 0. The molecule has 4 heteroatoms. The Bertz CT molecular complexity index is 369. The number of rotatable bonds is 6. The van der Waals surface area contributed by atoms with Crippen LogP contribution in [0.4, 0.5) is 0 Å². The van der Waals surface area contributed by atoms with Crippen molar-refractivity contribution in [3.63, 3.8) is 0 Å². The lowest BCUT2D eigenvalue weighted by atomic mass is 10.1. The summed E-state index contributed by atoms with van der Waals surface area (Å²) in [4.78, 5) is 17.5. The zero-order valence-corrected chi connectivity index (χ0v) is 12.4. The van der Waals surface area contributed by atoms with E-state index >= 15 is 0 Å². The van der Waals surface area contributed by atoms with E-state index in [1.807, 2.05) is 13.1 Å². The topological polar surface area (TPSA) is 44.7 Å². The molecule has 1 amide bonds. The zero-order valence-electron chi connectivity index (χ0n) is 12.4. The van der Waals surface area contributed by atoms with Crippen LogP contribution in [0.2, 0.25) is 0 Å². The fourth-order valence-electron chi connectivity index (χ4n) is 1.21. The van der Waals surface area contributed by atoms with Crippen LogP contribution >= 0.6 is 0 Å². The van der Waals surface area contributed by atoms with Crippen LogP contribution in [-0.4, -0.2) is 31.1 Å². The maximum Gasteiger partial charge on any atom is 0.224 e. The van der Waals surface area contributed by atoms with Gasteiger partial charge in [-0.2, -0.15) is 0 Å². The van der Waals surface area contributed by atoms with E-state index in [0.29, 0.717) is 11.7 Å².